The van der Waals surface area contributed by atoms with E-state index in [1.807, 2.05) is 0 Å². The maximum absolute atomic E-state index is 11.8. The minimum atomic E-state index is -6.13. The maximum atomic E-state index is 11.8. The second-order valence-electron chi connectivity index (χ2n) is 2.16. The zero-order chi connectivity index (χ0) is 13.3. The zero-order valence-electron chi connectivity index (χ0n) is 6.67. The van der Waals surface area contributed by atoms with Crippen LogP contribution in [0.15, 0.2) is 10.6 Å². The van der Waals surface area contributed by atoms with E-state index in [9.17, 15) is 43.1 Å². The van der Waals surface area contributed by atoms with Crippen LogP contribution >= 0.6 is 17.1 Å². The first-order valence-corrected chi connectivity index (χ1v) is 5.25. The lowest BCUT2D eigenvalue weighted by Crippen LogP contribution is -2.19. The molecule has 0 rings (SSSR count). The van der Waals surface area contributed by atoms with Crippen LogP contribution in [0.1, 0.15) is 0 Å². The molecule has 16 heavy (non-hydrogen) atoms. The largest absolute Gasteiger partial charge is 0.422 e. The van der Waals surface area contributed by atoms with Gasteiger partial charge in [-0.1, -0.05) is 0 Å². The van der Waals surface area contributed by atoms with Gasteiger partial charge in [0.2, 0.25) is 0 Å². The molecule has 0 bridgehead atoms. The molecule has 0 radical (unpaired) electrons. The molecule has 0 aliphatic carbocycles. The van der Waals surface area contributed by atoms with Crippen molar-refractivity contribution < 1.29 is 43.1 Å². The van der Waals surface area contributed by atoms with Gasteiger partial charge in [-0.25, -0.2) is 0 Å². The first kappa shape index (κ1) is 15.9. The van der Waals surface area contributed by atoms with Crippen molar-refractivity contribution in [3.8, 4) is 0 Å². The van der Waals surface area contributed by atoms with E-state index in [1.54, 1.807) is 0 Å². The molecule has 0 N–H and O–H groups in total. The fourth-order valence-corrected chi connectivity index (χ4v) is 2.03. The lowest BCUT2D eigenvalue weighted by Gasteiger charge is -2.17. The SMILES string of the molecule is FP(F)/C(=C(/P(F)F)C(F)(F)F)C(F)(F)F. The first-order chi connectivity index (χ1) is 6.89. The van der Waals surface area contributed by atoms with Crippen molar-refractivity contribution in [2.75, 3.05) is 0 Å². The molecule has 96 valence electrons. The van der Waals surface area contributed by atoms with Crippen LogP contribution < -0.4 is 0 Å². The number of rotatable bonds is 2. The minimum Gasteiger partial charge on any atom is -0.183 e. The summed E-state index contributed by atoms with van der Waals surface area (Å²) in [6, 6.07) is 0. The second-order valence-corrected chi connectivity index (χ2v) is 3.98. The first-order valence-electron chi connectivity index (χ1n) is 3.01. The van der Waals surface area contributed by atoms with Crippen molar-refractivity contribution in [2.45, 2.75) is 12.4 Å². The molecule has 0 heterocycles. The molecule has 0 saturated carbocycles. The highest BCUT2D eigenvalue weighted by Crippen LogP contribution is 2.66. The molecule has 0 nitrogen and oxygen atoms in total. The smallest absolute Gasteiger partial charge is 0.183 e. The lowest BCUT2D eigenvalue weighted by atomic mass is 10.4. The van der Waals surface area contributed by atoms with Crippen molar-refractivity contribution in [3.05, 3.63) is 10.6 Å². The maximum Gasteiger partial charge on any atom is 0.422 e. The summed E-state index contributed by atoms with van der Waals surface area (Å²) in [7, 11) is -10.6. The number of alkyl halides is 6. The van der Waals surface area contributed by atoms with Gasteiger partial charge >= 0.3 is 29.4 Å². The fourth-order valence-electron chi connectivity index (χ4n) is 0.620. The summed E-state index contributed by atoms with van der Waals surface area (Å²) < 4.78 is 118. The predicted octanol–water partition coefficient (Wildman–Crippen LogP) is 5.82. The Morgan fingerprint density at radius 3 is 0.812 bits per heavy atom. The molecule has 0 unspecified atom stereocenters. The molecule has 12 heteroatoms. The molecule has 0 aliphatic heterocycles. The quantitative estimate of drug-likeness (QED) is 0.445. The molecule has 0 aromatic rings. The van der Waals surface area contributed by atoms with Gasteiger partial charge in [0.05, 0.1) is 0 Å². The topological polar surface area (TPSA) is 0 Å². The molecular weight excluding hydrogens is 300 g/mol. The highest BCUT2D eigenvalue weighted by Gasteiger charge is 2.54. The van der Waals surface area contributed by atoms with Crippen molar-refractivity contribution >= 4 is 17.1 Å². The van der Waals surface area contributed by atoms with Crippen molar-refractivity contribution in [2.24, 2.45) is 0 Å². The molecular formula is C4F10P2. The van der Waals surface area contributed by atoms with Gasteiger partial charge in [-0.2, -0.15) is 43.1 Å². The average Bonchev–Trinajstić information content (AvgIpc) is 1.92. The van der Waals surface area contributed by atoms with Gasteiger partial charge in [0.15, 0.2) is 0 Å². The Hall–Kier alpha value is -0.100. The van der Waals surface area contributed by atoms with E-state index in [2.05, 4.69) is 0 Å². The summed E-state index contributed by atoms with van der Waals surface area (Å²) in [5.41, 5.74) is 0. The van der Waals surface area contributed by atoms with Gasteiger partial charge < -0.3 is 0 Å². The number of halogens is 10. The molecule has 0 amide bonds. The van der Waals surface area contributed by atoms with Crippen LogP contribution in [0.4, 0.5) is 43.1 Å². The van der Waals surface area contributed by atoms with E-state index < -0.39 is 40.1 Å². The van der Waals surface area contributed by atoms with E-state index in [0.717, 1.165) is 0 Å². The van der Waals surface area contributed by atoms with Crippen LogP contribution in [-0.4, -0.2) is 12.4 Å². The van der Waals surface area contributed by atoms with Crippen LogP contribution in [0.2, 0.25) is 0 Å². The van der Waals surface area contributed by atoms with E-state index in [1.165, 1.54) is 0 Å². The Kier molecular flexibility index (Phi) is 5.01. The summed E-state index contributed by atoms with van der Waals surface area (Å²) in [6.45, 7) is 0. The molecule has 0 aromatic heterocycles. The predicted molar refractivity (Wildman–Crippen MR) is 37.4 cm³/mol. The Labute approximate surface area is 84.3 Å². The van der Waals surface area contributed by atoms with E-state index >= 15 is 0 Å². The third kappa shape index (κ3) is 4.05. The van der Waals surface area contributed by atoms with E-state index in [0.29, 0.717) is 0 Å². The third-order valence-electron chi connectivity index (χ3n) is 1.10. The van der Waals surface area contributed by atoms with Crippen molar-refractivity contribution in [3.63, 3.8) is 0 Å². The highest BCUT2D eigenvalue weighted by molar-refractivity contribution is 7.56. The second kappa shape index (κ2) is 5.04. The standard InChI is InChI=1S/C4F10P2/c5-3(6,7)1(15(11)12)2(16(13)14)4(8,9)10/b2-1+. The van der Waals surface area contributed by atoms with Gasteiger partial charge in [0.25, 0.3) is 0 Å². The minimum absolute atomic E-state index is 3.47. The summed E-state index contributed by atoms with van der Waals surface area (Å²) in [6.07, 6.45) is -12.3. The van der Waals surface area contributed by atoms with Gasteiger partial charge in [-0.15, -0.1) is 0 Å². The number of hydrogen-bond acceptors (Lipinski definition) is 0. The highest BCUT2D eigenvalue weighted by atomic mass is 31.2. The van der Waals surface area contributed by atoms with Crippen molar-refractivity contribution in [1.82, 2.24) is 0 Å². The summed E-state index contributed by atoms with van der Waals surface area (Å²) in [5, 5.41) is -6.93. The molecule has 0 atom stereocenters. The Morgan fingerprint density at radius 1 is 0.562 bits per heavy atom. The number of hydrogen-bond donors (Lipinski definition) is 0. The van der Waals surface area contributed by atoms with Crippen LogP contribution in [0.3, 0.4) is 0 Å². The van der Waals surface area contributed by atoms with Crippen LogP contribution in [0.25, 0.3) is 0 Å². The van der Waals surface area contributed by atoms with Gasteiger partial charge in [0.1, 0.15) is 10.6 Å². The summed E-state index contributed by atoms with van der Waals surface area (Å²) in [5.74, 6) is 0. The van der Waals surface area contributed by atoms with Crippen LogP contribution in [0.5, 0.6) is 0 Å². The Morgan fingerprint density at radius 2 is 0.750 bits per heavy atom. The molecule has 0 saturated heterocycles. The van der Waals surface area contributed by atoms with Crippen LogP contribution in [0, 0.1) is 0 Å². The number of allylic oxidation sites excluding steroid dienone is 2. The van der Waals surface area contributed by atoms with E-state index in [-0.39, 0.29) is 0 Å². The lowest BCUT2D eigenvalue weighted by molar-refractivity contribution is -0.105. The van der Waals surface area contributed by atoms with Gasteiger partial charge in [-0.05, 0) is 0 Å². The van der Waals surface area contributed by atoms with E-state index in [4.69, 9.17) is 0 Å². The van der Waals surface area contributed by atoms with Crippen LogP contribution in [-0.2, 0) is 0 Å². The monoisotopic (exact) mass is 300 g/mol. The zero-order valence-corrected chi connectivity index (χ0v) is 8.46. The third-order valence-corrected chi connectivity index (χ3v) is 2.91. The molecule has 0 spiro atoms. The molecule has 0 aromatic carbocycles. The van der Waals surface area contributed by atoms with Gasteiger partial charge in [-0.3, -0.25) is 0 Å². The van der Waals surface area contributed by atoms with Crippen molar-refractivity contribution in [1.29, 1.82) is 0 Å². The Balaban J connectivity index is 5.87. The fraction of sp³-hybridized carbons (Fsp3) is 0.500. The Bertz CT molecular complexity index is 244. The van der Waals surface area contributed by atoms with Gasteiger partial charge in [0, 0.05) is 0 Å². The molecule has 0 fully saturated rings. The molecule has 0 aliphatic rings. The normalized spacial score (nSPS) is 15.8. The summed E-state index contributed by atoms with van der Waals surface area (Å²) in [4.78, 5) is 0. The average molecular weight is 300 g/mol. The summed E-state index contributed by atoms with van der Waals surface area (Å²) >= 11 is 0.